The minimum Gasteiger partial charge on any atom is -1.00 e. The summed E-state index contributed by atoms with van der Waals surface area (Å²) in [4.78, 5) is 0. The molecule has 1 aromatic carbocycles. The van der Waals surface area contributed by atoms with Gasteiger partial charge in [0.15, 0.2) is 0 Å². The zero-order chi connectivity index (χ0) is 9.46. The molecule has 0 spiro atoms. The van der Waals surface area contributed by atoms with Gasteiger partial charge in [-0.15, -0.1) is 0 Å². The molecule has 1 rings (SSSR count). The van der Waals surface area contributed by atoms with Crippen molar-refractivity contribution in [2.24, 2.45) is 0 Å². The molecule has 38 valence electrons. The first-order valence-corrected chi connectivity index (χ1v) is 3.34. The van der Waals surface area contributed by atoms with E-state index in [9.17, 15) is 0 Å². The number of hydrogen-bond acceptors (Lipinski definition) is 0. The molecule has 0 aromatic heterocycles. The summed E-state index contributed by atoms with van der Waals surface area (Å²) in [7, 11) is 0. The molecular formula is C6H5ClZn. The number of halogens is 1. The number of benzene rings is 1. The van der Waals surface area contributed by atoms with Gasteiger partial charge in [0.1, 0.15) is 0 Å². The van der Waals surface area contributed by atoms with Crippen molar-refractivity contribution in [3.05, 3.63) is 30.2 Å². The molecule has 0 fully saturated rings. The molecule has 1 aromatic rings. The minimum absolute atomic E-state index is 0. The first-order valence-electron chi connectivity index (χ1n) is 4.35. The summed E-state index contributed by atoms with van der Waals surface area (Å²) in [6.45, 7) is 0. The van der Waals surface area contributed by atoms with Crippen LogP contribution in [0.1, 0.15) is 6.85 Å². The smallest absolute Gasteiger partial charge is 1.00 e. The van der Waals surface area contributed by atoms with Gasteiger partial charge in [-0.2, -0.15) is 0 Å². The van der Waals surface area contributed by atoms with Crippen molar-refractivity contribution in [3.8, 4) is 0 Å². The summed E-state index contributed by atoms with van der Waals surface area (Å²) in [5.74, 6) is 0. The monoisotopic (exact) mass is 181 g/mol. The number of rotatable bonds is 0. The Bertz CT molecular complexity index is 235. The van der Waals surface area contributed by atoms with Gasteiger partial charge in [-0.1, -0.05) is 0 Å². The first kappa shape index (κ1) is 2.81. The van der Waals surface area contributed by atoms with Gasteiger partial charge in [0, 0.05) is 0 Å². The van der Waals surface area contributed by atoms with Crippen molar-refractivity contribution < 1.29 is 37.6 Å². The van der Waals surface area contributed by atoms with Crippen molar-refractivity contribution in [1.29, 1.82) is 0 Å². The van der Waals surface area contributed by atoms with Crippen LogP contribution in [0, 0.1) is 0 Å². The van der Waals surface area contributed by atoms with Crippen molar-refractivity contribution in [2.75, 3.05) is 0 Å². The maximum absolute atomic E-state index is 7.34. The van der Waals surface area contributed by atoms with Gasteiger partial charge in [0.2, 0.25) is 0 Å². The van der Waals surface area contributed by atoms with Crippen LogP contribution in [-0.4, -0.2) is 0 Å². The van der Waals surface area contributed by atoms with E-state index in [1.165, 1.54) is 0 Å². The van der Waals surface area contributed by atoms with E-state index in [0.717, 1.165) is 0 Å². The molecule has 0 heterocycles. The third kappa shape index (κ3) is 2.44. The minimum atomic E-state index is -0.317. The molecule has 2 heteroatoms. The Morgan fingerprint density at radius 3 is 2.25 bits per heavy atom. The van der Waals surface area contributed by atoms with Crippen LogP contribution < -0.4 is 16.6 Å². The fourth-order valence-electron chi connectivity index (χ4n) is 0.276. The summed E-state index contributed by atoms with van der Waals surface area (Å²) < 4.78 is 36.9. The van der Waals surface area contributed by atoms with Gasteiger partial charge in [0.25, 0.3) is 0 Å². The predicted octanol–water partition coefficient (Wildman–Crippen LogP) is -2.14. The van der Waals surface area contributed by atoms with E-state index in [0.29, 0.717) is 22.5 Å². The van der Waals surface area contributed by atoms with Gasteiger partial charge in [-0.25, -0.2) is 0 Å². The normalized spacial score (nSPS) is 16.5. The summed E-state index contributed by atoms with van der Waals surface area (Å²) in [6, 6.07) is -0.932. The van der Waals surface area contributed by atoms with E-state index >= 15 is 0 Å². The van der Waals surface area contributed by atoms with Crippen molar-refractivity contribution in [2.45, 2.75) is 0 Å². The van der Waals surface area contributed by atoms with Crippen molar-refractivity contribution >= 4 is 4.16 Å². The first-order chi connectivity index (χ1) is 5.46. The second-order valence-electron chi connectivity index (χ2n) is 1.10. The second kappa shape index (κ2) is 4.06. The molecule has 0 bridgehead atoms. The van der Waals surface area contributed by atoms with E-state index in [1.807, 2.05) is 0 Å². The van der Waals surface area contributed by atoms with Crippen LogP contribution in [0.2, 0.25) is 0 Å². The summed E-state index contributed by atoms with van der Waals surface area (Å²) in [5, 5.41) is 0. The third-order valence-corrected chi connectivity index (χ3v) is 1.29. The summed E-state index contributed by atoms with van der Waals surface area (Å²) in [5.41, 5.74) is 0. The zero-order valence-electron chi connectivity index (χ0n) is 9.09. The van der Waals surface area contributed by atoms with Crippen molar-refractivity contribution in [1.82, 2.24) is 0 Å². The molecule has 0 radical (unpaired) electrons. The van der Waals surface area contributed by atoms with Gasteiger partial charge >= 0.3 is 59.5 Å². The Morgan fingerprint density at radius 1 is 1.25 bits per heavy atom. The zero-order valence-corrected chi connectivity index (χ0v) is 7.81. The average molecular weight is 183 g/mol. The molecule has 0 aliphatic carbocycles. The van der Waals surface area contributed by atoms with E-state index in [1.54, 1.807) is 0 Å². The molecule has 0 amide bonds. The Kier molecular flexibility index (Phi) is 1.43. The molecule has 0 N–H and O–H groups in total. The SMILES string of the molecule is [2H]c1c([2H])c([2H])[c]([Zn+])c([2H])c1[2H].[Cl-]. The largest absolute Gasteiger partial charge is 1.00 e. The fourth-order valence-corrected chi connectivity index (χ4v) is 0.647. The number of hydrogen-bond donors (Lipinski definition) is 0. The Labute approximate surface area is 72.4 Å². The van der Waals surface area contributed by atoms with Crippen LogP contribution in [0.25, 0.3) is 0 Å². The molecule has 0 aliphatic heterocycles. The van der Waals surface area contributed by atoms with Gasteiger partial charge in [-0.05, 0) is 0 Å². The Balaban J connectivity index is 0.00000144. The van der Waals surface area contributed by atoms with Crippen LogP contribution >= 0.6 is 0 Å². The van der Waals surface area contributed by atoms with Crippen LogP contribution in [-0.2, 0) is 18.3 Å². The molecule has 0 aliphatic rings. The molecular weight excluding hydrogens is 173 g/mol. The predicted molar refractivity (Wildman–Crippen MR) is 26.1 cm³/mol. The summed E-state index contributed by atoms with van der Waals surface area (Å²) >= 11 is 0.579. The van der Waals surface area contributed by atoms with Gasteiger partial charge in [0.05, 0.1) is 0 Å². The van der Waals surface area contributed by atoms with Crippen LogP contribution in [0.15, 0.2) is 30.2 Å². The molecule has 0 unspecified atom stereocenters. The van der Waals surface area contributed by atoms with Crippen LogP contribution in [0.5, 0.6) is 0 Å². The maximum atomic E-state index is 7.34. The van der Waals surface area contributed by atoms with Crippen LogP contribution in [0.3, 0.4) is 0 Å². The van der Waals surface area contributed by atoms with Crippen LogP contribution in [0.4, 0.5) is 0 Å². The van der Waals surface area contributed by atoms with E-state index in [-0.39, 0.29) is 42.6 Å². The molecule has 8 heavy (non-hydrogen) atoms. The molecule has 0 saturated heterocycles. The molecule has 0 nitrogen and oxygen atoms in total. The van der Waals surface area contributed by atoms with E-state index < -0.39 is 0 Å². The van der Waals surface area contributed by atoms with Gasteiger partial charge in [-0.3, -0.25) is 0 Å². The van der Waals surface area contributed by atoms with Crippen molar-refractivity contribution in [3.63, 3.8) is 0 Å². The van der Waals surface area contributed by atoms with Gasteiger partial charge < -0.3 is 12.4 Å². The summed E-state index contributed by atoms with van der Waals surface area (Å²) in [6.07, 6.45) is 0. The van der Waals surface area contributed by atoms with E-state index in [4.69, 9.17) is 6.85 Å². The topological polar surface area (TPSA) is 0 Å². The second-order valence-corrected chi connectivity index (χ2v) is 2.59. The quantitative estimate of drug-likeness (QED) is 0.403. The molecule has 0 saturated carbocycles. The fraction of sp³-hybridized carbons (Fsp3) is 0. The average Bonchev–Trinajstić information content (AvgIpc) is 2.08. The molecule has 0 atom stereocenters. The maximum Gasteiger partial charge on any atom is -1.00 e. The Hall–Kier alpha value is 0.133. The Morgan fingerprint density at radius 2 is 1.75 bits per heavy atom. The van der Waals surface area contributed by atoms with E-state index in [2.05, 4.69) is 0 Å². The standard InChI is InChI=1S/C6H5.ClH.Zn/c1-2-4-6-5-3-1;;/h1-5H;1H;/q;;+1/p-1/i1D,2D,3D,4D,5D;;. The third-order valence-electron chi connectivity index (χ3n) is 0.552.